The molecule has 29 heavy (non-hydrogen) atoms. The predicted molar refractivity (Wildman–Crippen MR) is 112 cm³/mol. The van der Waals surface area contributed by atoms with Gasteiger partial charge in [-0.3, -0.25) is 23.9 Å². The first-order valence-corrected chi connectivity index (χ1v) is 9.77. The third kappa shape index (κ3) is 3.86. The van der Waals surface area contributed by atoms with Gasteiger partial charge in [0.25, 0.3) is 0 Å². The molecule has 0 spiro atoms. The van der Waals surface area contributed by atoms with E-state index in [4.69, 9.17) is 0 Å². The van der Waals surface area contributed by atoms with Gasteiger partial charge in [0.1, 0.15) is 6.54 Å². The minimum atomic E-state index is -0.665. The van der Waals surface area contributed by atoms with Gasteiger partial charge in [-0.1, -0.05) is 42.5 Å². The fraction of sp³-hybridized carbons (Fsp3) is 0.318. The van der Waals surface area contributed by atoms with Gasteiger partial charge in [0.15, 0.2) is 0 Å². The summed E-state index contributed by atoms with van der Waals surface area (Å²) in [6, 6.07) is 17.4. The Labute approximate surface area is 168 Å². The Morgan fingerprint density at radius 3 is 2.14 bits per heavy atom. The molecule has 0 saturated carbocycles. The van der Waals surface area contributed by atoms with Crippen molar-refractivity contribution in [2.24, 2.45) is 7.05 Å². The number of para-hydroxylation sites is 2. The number of piperazine rings is 1. The van der Waals surface area contributed by atoms with Gasteiger partial charge in [-0.15, -0.1) is 0 Å². The molecule has 2 heterocycles. The minimum Gasteiger partial charge on any atom is -0.339 e. The van der Waals surface area contributed by atoms with Gasteiger partial charge in [0, 0.05) is 39.8 Å². The average Bonchev–Trinajstić information content (AvgIpc) is 2.76. The maximum absolute atomic E-state index is 12.9. The quantitative estimate of drug-likeness (QED) is 0.623. The first-order valence-electron chi connectivity index (χ1n) is 9.77. The first-order chi connectivity index (χ1) is 14.0. The lowest BCUT2D eigenvalue weighted by Gasteiger charge is -2.35. The number of hydrogen-bond acceptors (Lipinski definition) is 4. The van der Waals surface area contributed by atoms with Crippen molar-refractivity contribution >= 4 is 16.9 Å². The molecule has 1 aliphatic rings. The van der Waals surface area contributed by atoms with E-state index >= 15 is 0 Å². The van der Waals surface area contributed by atoms with Crippen LogP contribution in [0.25, 0.3) is 11.0 Å². The average molecular weight is 392 g/mol. The van der Waals surface area contributed by atoms with E-state index in [0.29, 0.717) is 24.1 Å². The lowest BCUT2D eigenvalue weighted by Crippen LogP contribution is -2.50. The Hall–Kier alpha value is -3.19. The van der Waals surface area contributed by atoms with Crippen LogP contribution in [0.5, 0.6) is 0 Å². The number of carbonyl (C=O) groups is 1. The van der Waals surface area contributed by atoms with Crippen molar-refractivity contribution in [2.75, 3.05) is 26.2 Å². The molecule has 0 aliphatic carbocycles. The number of amides is 1. The number of hydrogen-bond donors (Lipinski definition) is 0. The number of carbonyl (C=O) groups excluding carboxylic acids is 1. The summed E-state index contributed by atoms with van der Waals surface area (Å²) in [6.45, 7) is 3.54. The van der Waals surface area contributed by atoms with Gasteiger partial charge < -0.3 is 9.47 Å². The highest BCUT2D eigenvalue weighted by atomic mass is 16.2. The van der Waals surface area contributed by atoms with Gasteiger partial charge in [-0.2, -0.15) is 0 Å². The summed E-state index contributed by atoms with van der Waals surface area (Å²) in [7, 11) is 1.57. The molecule has 4 rings (SSSR count). The Morgan fingerprint density at radius 1 is 0.828 bits per heavy atom. The van der Waals surface area contributed by atoms with E-state index in [2.05, 4.69) is 17.0 Å². The van der Waals surface area contributed by atoms with Crippen molar-refractivity contribution in [3.63, 3.8) is 0 Å². The number of fused-ring (bicyclic) bond motifs is 1. The molecule has 2 aromatic carbocycles. The molecule has 1 fully saturated rings. The molecule has 7 heteroatoms. The highest BCUT2D eigenvalue weighted by molar-refractivity contribution is 5.80. The van der Waals surface area contributed by atoms with Crippen LogP contribution in [0.4, 0.5) is 0 Å². The summed E-state index contributed by atoms with van der Waals surface area (Å²) < 4.78 is 2.64. The molecular formula is C22H24N4O3. The molecule has 3 aromatic rings. The second-order valence-corrected chi connectivity index (χ2v) is 7.39. The second-order valence-electron chi connectivity index (χ2n) is 7.39. The molecule has 1 aliphatic heterocycles. The molecular weight excluding hydrogens is 368 g/mol. The summed E-state index contributed by atoms with van der Waals surface area (Å²) in [5.41, 5.74) is 1.20. The van der Waals surface area contributed by atoms with E-state index in [1.54, 1.807) is 30.1 Å². The number of aromatic nitrogens is 2. The lowest BCUT2D eigenvalue weighted by molar-refractivity contribution is -0.133. The van der Waals surface area contributed by atoms with Crippen LogP contribution >= 0.6 is 0 Å². The smallest absolute Gasteiger partial charge is 0.317 e. The van der Waals surface area contributed by atoms with Crippen molar-refractivity contribution in [2.45, 2.75) is 13.1 Å². The van der Waals surface area contributed by atoms with E-state index in [0.717, 1.165) is 19.6 Å². The van der Waals surface area contributed by atoms with Crippen LogP contribution in [0.1, 0.15) is 5.56 Å². The van der Waals surface area contributed by atoms with E-state index < -0.39 is 11.1 Å². The first kappa shape index (κ1) is 19.1. The Kier molecular flexibility index (Phi) is 5.31. The molecule has 0 radical (unpaired) electrons. The number of benzene rings is 2. The number of rotatable bonds is 4. The minimum absolute atomic E-state index is 0.117. The molecule has 0 bridgehead atoms. The SMILES string of the molecule is Cn1c(=O)c(=O)n(CC(=O)N2CCN(Cc3ccccc3)CC2)c2ccccc21. The van der Waals surface area contributed by atoms with Crippen molar-refractivity contribution in [3.8, 4) is 0 Å². The van der Waals surface area contributed by atoms with Crippen LogP contribution in [0, 0.1) is 0 Å². The molecule has 1 aromatic heterocycles. The molecule has 1 saturated heterocycles. The zero-order chi connectivity index (χ0) is 20.4. The van der Waals surface area contributed by atoms with Crippen molar-refractivity contribution in [1.82, 2.24) is 18.9 Å². The fourth-order valence-electron chi connectivity index (χ4n) is 3.84. The molecule has 7 nitrogen and oxygen atoms in total. The third-order valence-electron chi connectivity index (χ3n) is 5.53. The van der Waals surface area contributed by atoms with Crippen LogP contribution in [0.15, 0.2) is 64.2 Å². The van der Waals surface area contributed by atoms with Crippen molar-refractivity contribution < 1.29 is 4.79 Å². The second kappa shape index (κ2) is 8.05. The predicted octanol–water partition coefficient (Wildman–Crippen LogP) is 1.04. The summed E-state index contributed by atoms with van der Waals surface area (Å²) in [5.74, 6) is -0.134. The number of aryl methyl sites for hydroxylation is 1. The van der Waals surface area contributed by atoms with Crippen LogP contribution in [-0.2, 0) is 24.9 Å². The standard InChI is InChI=1S/C22H24N4O3/c1-23-18-9-5-6-10-19(18)26(22(29)21(23)28)16-20(27)25-13-11-24(12-14-25)15-17-7-3-2-4-8-17/h2-10H,11-16H2,1H3. The van der Waals surface area contributed by atoms with E-state index in [1.807, 2.05) is 24.3 Å². The molecule has 150 valence electrons. The van der Waals surface area contributed by atoms with Gasteiger partial charge in [0.05, 0.1) is 11.0 Å². The normalized spacial score (nSPS) is 15.0. The molecule has 0 atom stereocenters. The zero-order valence-corrected chi connectivity index (χ0v) is 16.5. The molecule has 0 unspecified atom stereocenters. The Morgan fingerprint density at radius 2 is 1.45 bits per heavy atom. The highest BCUT2D eigenvalue weighted by Gasteiger charge is 2.22. The maximum atomic E-state index is 12.9. The van der Waals surface area contributed by atoms with Gasteiger partial charge >= 0.3 is 11.1 Å². The number of nitrogens with zero attached hydrogens (tertiary/aromatic N) is 4. The van der Waals surface area contributed by atoms with Crippen LogP contribution < -0.4 is 11.1 Å². The van der Waals surface area contributed by atoms with Crippen LogP contribution in [-0.4, -0.2) is 51.0 Å². The van der Waals surface area contributed by atoms with E-state index in [1.165, 1.54) is 14.7 Å². The molecule has 1 amide bonds. The van der Waals surface area contributed by atoms with Gasteiger partial charge in [-0.25, -0.2) is 0 Å². The van der Waals surface area contributed by atoms with Crippen molar-refractivity contribution in [3.05, 3.63) is 80.9 Å². The van der Waals surface area contributed by atoms with Crippen molar-refractivity contribution in [1.29, 1.82) is 0 Å². The van der Waals surface area contributed by atoms with E-state index in [-0.39, 0.29) is 12.5 Å². The Balaban J connectivity index is 1.47. The van der Waals surface area contributed by atoms with Crippen LogP contribution in [0.2, 0.25) is 0 Å². The fourth-order valence-corrected chi connectivity index (χ4v) is 3.84. The van der Waals surface area contributed by atoms with E-state index in [9.17, 15) is 14.4 Å². The summed E-state index contributed by atoms with van der Waals surface area (Å²) in [5, 5.41) is 0. The van der Waals surface area contributed by atoms with Crippen LogP contribution in [0.3, 0.4) is 0 Å². The maximum Gasteiger partial charge on any atom is 0.317 e. The zero-order valence-electron chi connectivity index (χ0n) is 16.5. The highest BCUT2D eigenvalue weighted by Crippen LogP contribution is 2.12. The third-order valence-corrected chi connectivity index (χ3v) is 5.53. The Bertz CT molecular complexity index is 1140. The molecule has 0 N–H and O–H groups in total. The summed E-state index contributed by atoms with van der Waals surface area (Å²) in [4.78, 5) is 41.8. The summed E-state index contributed by atoms with van der Waals surface area (Å²) >= 11 is 0. The van der Waals surface area contributed by atoms with Gasteiger partial charge in [0.2, 0.25) is 5.91 Å². The monoisotopic (exact) mass is 392 g/mol. The summed E-state index contributed by atoms with van der Waals surface area (Å²) in [6.07, 6.45) is 0. The topological polar surface area (TPSA) is 67.5 Å². The largest absolute Gasteiger partial charge is 0.339 e. The lowest BCUT2D eigenvalue weighted by atomic mass is 10.2. The van der Waals surface area contributed by atoms with Gasteiger partial charge in [-0.05, 0) is 17.7 Å².